The second-order valence-electron chi connectivity index (χ2n) is 9.67. The second kappa shape index (κ2) is 9.61. The summed E-state index contributed by atoms with van der Waals surface area (Å²) in [6, 6.07) is 8.80. The molecule has 0 saturated heterocycles. The molecule has 0 atom stereocenters. The van der Waals surface area contributed by atoms with E-state index in [9.17, 15) is 4.39 Å². The zero-order valence-corrected chi connectivity index (χ0v) is 20.8. The Balaban J connectivity index is 1.44. The van der Waals surface area contributed by atoms with Crippen molar-refractivity contribution in [3.8, 4) is 17.0 Å². The number of anilines is 1. The van der Waals surface area contributed by atoms with Crippen molar-refractivity contribution in [3.63, 3.8) is 0 Å². The van der Waals surface area contributed by atoms with Crippen molar-refractivity contribution in [2.24, 2.45) is 0 Å². The summed E-state index contributed by atoms with van der Waals surface area (Å²) in [5.74, 6) is 0.792. The molecule has 1 N–H and O–H groups in total. The van der Waals surface area contributed by atoms with Gasteiger partial charge in [0.05, 0.1) is 23.9 Å². The van der Waals surface area contributed by atoms with Crippen LogP contribution in [-0.4, -0.2) is 37.2 Å². The molecule has 0 bridgehead atoms. The maximum atomic E-state index is 14.0. The molecule has 3 heterocycles. The van der Waals surface area contributed by atoms with E-state index in [0.29, 0.717) is 5.75 Å². The summed E-state index contributed by atoms with van der Waals surface area (Å²) in [4.78, 5) is 8.27. The number of ether oxygens (including phenoxy) is 1. The van der Waals surface area contributed by atoms with E-state index >= 15 is 0 Å². The number of nitrogens with one attached hydrogen (secondary N) is 1. The van der Waals surface area contributed by atoms with Crippen LogP contribution in [0.15, 0.2) is 48.9 Å². The van der Waals surface area contributed by atoms with E-state index in [1.807, 2.05) is 39.2 Å². The average Bonchev–Trinajstić information content (AvgIpc) is 3.52. The predicted octanol–water partition coefficient (Wildman–Crippen LogP) is 6.04. The third-order valence-corrected chi connectivity index (χ3v) is 6.76. The van der Waals surface area contributed by atoms with Gasteiger partial charge < -0.3 is 10.1 Å². The number of fused-ring (bicyclic) bond motifs is 1. The van der Waals surface area contributed by atoms with Gasteiger partial charge in [0.2, 0.25) is 0 Å². The molecular weight excluding hydrogens is 457 g/mol. The Morgan fingerprint density at radius 1 is 1.19 bits per heavy atom. The SMILES string of the molecule is [C-]#[N+]C(C)(C)n1cc(-c2nn(C3CCC(Oc4ccccc4F)CC3)c3cc(NCC)ncc23)cn1. The van der Waals surface area contributed by atoms with E-state index in [4.69, 9.17) is 16.4 Å². The van der Waals surface area contributed by atoms with Gasteiger partial charge in [-0.1, -0.05) is 12.1 Å². The van der Waals surface area contributed by atoms with Gasteiger partial charge in [-0.3, -0.25) is 9.53 Å². The van der Waals surface area contributed by atoms with E-state index in [1.165, 1.54) is 6.07 Å². The average molecular weight is 488 g/mol. The van der Waals surface area contributed by atoms with Crippen molar-refractivity contribution in [1.29, 1.82) is 0 Å². The van der Waals surface area contributed by atoms with E-state index < -0.39 is 5.66 Å². The zero-order chi connectivity index (χ0) is 25.3. The normalized spacial score (nSPS) is 18.2. The lowest BCUT2D eigenvalue weighted by Crippen LogP contribution is -2.26. The first kappa shape index (κ1) is 23.8. The van der Waals surface area contributed by atoms with E-state index in [-0.39, 0.29) is 18.0 Å². The molecule has 0 spiro atoms. The van der Waals surface area contributed by atoms with Gasteiger partial charge in [0.15, 0.2) is 11.6 Å². The highest BCUT2D eigenvalue weighted by Gasteiger charge is 2.29. The highest BCUT2D eigenvalue weighted by molar-refractivity contribution is 5.93. The van der Waals surface area contributed by atoms with Crippen molar-refractivity contribution < 1.29 is 9.13 Å². The minimum Gasteiger partial charge on any atom is -0.487 e. The van der Waals surface area contributed by atoms with Crippen LogP contribution in [0.3, 0.4) is 0 Å². The smallest absolute Gasteiger partial charge is 0.319 e. The third-order valence-electron chi connectivity index (χ3n) is 6.76. The van der Waals surface area contributed by atoms with Crippen molar-refractivity contribution in [3.05, 3.63) is 66.2 Å². The summed E-state index contributed by atoms with van der Waals surface area (Å²) in [7, 11) is 0. The first-order chi connectivity index (χ1) is 17.4. The lowest BCUT2D eigenvalue weighted by Gasteiger charge is -2.29. The number of benzene rings is 1. The molecule has 1 aromatic carbocycles. The van der Waals surface area contributed by atoms with Crippen LogP contribution in [0.25, 0.3) is 27.0 Å². The van der Waals surface area contributed by atoms with Crippen LogP contribution in [-0.2, 0) is 5.66 Å². The van der Waals surface area contributed by atoms with Gasteiger partial charge in [0, 0.05) is 49.8 Å². The van der Waals surface area contributed by atoms with Crippen LogP contribution in [0.4, 0.5) is 10.2 Å². The zero-order valence-electron chi connectivity index (χ0n) is 20.8. The predicted molar refractivity (Wildman–Crippen MR) is 137 cm³/mol. The fourth-order valence-corrected chi connectivity index (χ4v) is 4.72. The van der Waals surface area contributed by atoms with Crippen molar-refractivity contribution in [1.82, 2.24) is 24.5 Å². The molecule has 1 aliphatic carbocycles. The molecule has 9 heteroatoms. The maximum absolute atomic E-state index is 14.0. The maximum Gasteiger partial charge on any atom is 0.319 e. The number of hydrogen-bond acceptors (Lipinski definition) is 5. The number of hydrogen-bond donors (Lipinski definition) is 1. The fraction of sp³-hybridized carbons (Fsp3) is 0.407. The summed E-state index contributed by atoms with van der Waals surface area (Å²) in [5.41, 5.74) is 1.89. The number of para-hydroxylation sites is 1. The van der Waals surface area contributed by atoms with Gasteiger partial charge in [0.1, 0.15) is 11.5 Å². The highest BCUT2D eigenvalue weighted by atomic mass is 19.1. The summed E-state index contributed by atoms with van der Waals surface area (Å²) < 4.78 is 23.8. The monoisotopic (exact) mass is 487 g/mol. The molecule has 4 aromatic rings. The Bertz CT molecular complexity index is 1410. The fourth-order valence-electron chi connectivity index (χ4n) is 4.72. The Kier molecular flexibility index (Phi) is 6.35. The Hall–Kier alpha value is -3.93. The Labute approximate surface area is 209 Å². The number of pyridine rings is 1. The largest absolute Gasteiger partial charge is 0.487 e. The molecule has 186 valence electrons. The molecule has 0 aliphatic heterocycles. The van der Waals surface area contributed by atoms with E-state index in [2.05, 4.69) is 24.9 Å². The van der Waals surface area contributed by atoms with Crippen molar-refractivity contribution in [2.75, 3.05) is 11.9 Å². The van der Waals surface area contributed by atoms with E-state index in [0.717, 1.165) is 60.2 Å². The Morgan fingerprint density at radius 3 is 2.69 bits per heavy atom. The van der Waals surface area contributed by atoms with Gasteiger partial charge in [-0.25, -0.2) is 15.9 Å². The van der Waals surface area contributed by atoms with Crippen LogP contribution in [0, 0.1) is 12.4 Å². The molecule has 36 heavy (non-hydrogen) atoms. The number of halogens is 1. The van der Waals surface area contributed by atoms with Gasteiger partial charge in [-0.15, -0.1) is 0 Å². The molecule has 8 nitrogen and oxygen atoms in total. The topological polar surface area (TPSA) is 74.2 Å². The van der Waals surface area contributed by atoms with Crippen LogP contribution in [0.1, 0.15) is 52.5 Å². The van der Waals surface area contributed by atoms with Gasteiger partial charge in [-0.2, -0.15) is 14.9 Å². The lowest BCUT2D eigenvalue weighted by atomic mass is 9.93. The van der Waals surface area contributed by atoms with Crippen molar-refractivity contribution >= 4 is 16.7 Å². The first-order valence-corrected chi connectivity index (χ1v) is 12.4. The first-order valence-electron chi connectivity index (χ1n) is 12.4. The standard InChI is InChI=1S/C27H30FN7O/c1-5-30-25-14-23-21(16-31-25)26(18-15-32-34(17-18)27(2,3)29-4)33-35(23)19-10-12-20(13-11-19)36-24-9-7-6-8-22(24)28/h6-9,14-17,19-20H,5,10-13H2,1-3H3,(H,30,31). The summed E-state index contributed by atoms with van der Waals surface area (Å²) in [6.07, 6.45) is 8.85. The van der Waals surface area contributed by atoms with E-state index in [1.54, 1.807) is 29.1 Å². The molecule has 1 aliphatic rings. The lowest BCUT2D eigenvalue weighted by molar-refractivity contribution is 0.126. The molecule has 0 amide bonds. The minimum atomic E-state index is -0.774. The number of rotatable bonds is 7. The number of nitrogens with zero attached hydrogens (tertiary/aromatic N) is 6. The summed E-state index contributed by atoms with van der Waals surface area (Å²) in [6.45, 7) is 14.0. The molecule has 0 unspecified atom stereocenters. The molecule has 0 radical (unpaired) electrons. The molecule has 1 saturated carbocycles. The summed E-state index contributed by atoms with van der Waals surface area (Å²) >= 11 is 0. The van der Waals surface area contributed by atoms with Gasteiger partial charge in [-0.05, 0) is 44.7 Å². The third kappa shape index (κ3) is 4.51. The minimum absolute atomic E-state index is 0.0208. The second-order valence-corrected chi connectivity index (χ2v) is 9.67. The number of aromatic nitrogens is 5. The van der Waals surface area contributed by atoms with Gasteiger partial charge in [0.25, 0.3) is 0 Å². The molecule has 3 aromatic heterocycles. The van der Waals surface area contributed by atoms with Gasteiger partial charge >= 0.3 is 5.66 Å². The molecule has 1 fully saturated rings. The summed E-state index contributed by atoms with van der Waals surface area (Å²) in [5, 5.41) is 13.7. The van der Waals surface area contributed by atoms with Crippen molar-refractivity contribution in [2.45, 2.75) is 64.3 Å². The van der Waals surface area contributed by atoms with Crippen LogP contribution >= 0.6 is 0 Å². The highest BCUT2D eigenvalue weighted by Crippen LogP contribution is 2.37. The van der Waals surface area contributed by atoms with Crippen LogP contribution in [0.5, 0.6) is 5.75 Å². The Morgan fingerprint density at radius 2 is 1.97 bits per heavy atom. The van der Waals surface area contributed by atoms with Crippen LogP contribution in [0.2, 0.25) is 0 Å². The van der Waals surface area contributed by atoms with Crippen LogP contribution < -0.4 is 10.1 Å². The molecular formula is C27H30FN7O. The molecule has 5 rings (SSSR count). The quantitative estimate of drug-likeness (QED) is 0.322.